The number of ether oxygens (including phenoxy) is 4. The van der Waals surface area contributed by atoms with Crippen molar-refractivity contribution in [1.82, 2.24) is 0 Å². The first-order valence-corrected chi connectivity index (χ1v) is 11.1. The molecule has 0 N–H and O–H groups in total. The van der Waals surface area contributed by atoms with E-state index < -0.39 is 0 Å². The van der Waals surface area contributed by atoms with Crippen LogP contribution in [0.5, 0.6) is 0 Å². The van der Waals surface area contributed by atoms with E-state index >= 15 is 0 Å². The summed E-state index contributed by atoms with van der Waals surface area (Å²) in [7, 11) is 0. The van der Waals surface area contributed by atoms with Crippen molar-refractivity contribution in [1.29, 1.82) is 0 Å². The van der Waals surface area contributed by atoms with Gasteiger partial charge in [-0.2, -0.15) is 0 Å². The molecule has 6 nitrogen and oxygen atoms in total. The minimum atomic E-state index is -0.388. The fraction of sp³-hybridized carbons (Fsp3) is 0.462. The third kappa shape index (κ3) is 3.33. The van der Waals surface area contributed by atoms with E-state index in [2.05, 4.69) is 0 Å². The number of fused-ring (bicyclic) bond motifs is 2. The van der Waals surface area contributed by atoms with Crippen LogP contribution in [0, 0.1) is 27.7 Å². The zero-order valence-corrected chi connectivity index (χ0v) is 19.7. The number of esters is 2. The molecule has 2 aromatic rings. The smallest absolute Gasteiger partial charge is 0.339 e. The Balaban J connectivity index is 2.15. The van der Waals surface area contributed by atoms with E-state index in [-0.39, 0.29) is 25.2 Å². The number of hydrogen-bond donors (Lipinski definition) is 0. The van der Waals surface area contributed by atoms with Crippen LogP contribution in [0.4, 0.5) is 0 Å². The quantitative estimate of drug-likeness (QED) is 0.612. The van der Waals surface area contributed by atoms with E-state index in [1.54, 1.807) is 13.8 Å². The Morgan fingerprint density at radius 3 is 1.25 bits per heavy atom. The van der Waals surface area contributed by atoms with E-state index in [0.29, 0.717) is 37.6 Å². The standard InChI is InChI=1S/C26H30O6/c1-7-31-25(27)23-15(5)19-11-29-9-17(19)13(3)21(23)22-14(4)18-10-30-12-20(18)16(6)24(22)26(28)32-8-2/h7-12H2,1-6H3. The molecule has 2 aliphatic rings. The molecule has 170 valence electrons. The lowest BCUT2D eigenvalue weighted by Crippen LogP contribution is -2.17. The molecule has 0 bridgehead atoms. The van der Waals surface area contributed by atoms with Crippen LogP contribution in [0.3, 0.4) is 0 Å². The number of carbonyl (C=O) groups is 2. The van der Waals surface area contributed by atoms with E-state index in [9.17, 15) is 9.59 Å². The van der Waals surface area contributed by atoms with Crippen LogP contribution < -0.4 is 0 Å². The molecule has 2 aromatic carbocycles. The molecule has 2 aliphatic heterocycles. The summed E-state index contributed by atoms with van der Waals surface area (Å²) in [5, 5.41) is 0. The largest absolute Gasteiger partial charge is 0.462 e. The Kier molecular flexibility index (Phi) is 6.10. The lowest BCUT2D eigenvalue weighted by molar-refractivity contribution is 0.0513. The molecule has 0 atom stereocenters. The highest BCUT2D eigenvalue weighted by Crippen LogP contribution is 2.45. The number of hydrogen-bond acceptors (Lipinski definition) is 6. The molecule has 0 unspecified atom stereocenters. The minimum Gasteiger partial charge on any atom is -0.462 e. The van der Waals surface area contributed by atoms with Crippen molar-refractivity contribution in [2.45, 2.75) is 68.0 Å². The van der Waals surface area contributed by atoms with Gasteiger partial charge in [-0.3, -0.25) is 0 Å². The summed E-state index contributed by atoms with van der Waals surface area (Å²) in [5.41, 5.74) is 10.3. The zero-order chi connectivity index (χ0) is 23.2. The fourth-order valence-electron chi connectivity index (χ4n) is 5.09. The van der Waals surface area contributed by atoms with Gasteiger partial charge in [-0.1, -0.05) is 0 Å². The van der Waals surface area contributed by atoms with Gasteiger partial charge in [0.25, 0.3) is 0 Å². The summed E-state index contributed by atoms with van der Waals surface area (Å²) in [5.74, 6) is -0.775. The first-order chi connectivity index (χ1) is 15.3. The van der Waals surface area contributed by atoms with Crippen LogP contribution in [-0.2, 0) is 45.4 Å². The molecule has 0 aromatic heterocycles. The maximum absolute atomic E-state index is 13.2. The lowest BCUT2D eigenvalue weighted by Gasteiger charge is -2.24. The summed E-state index contributed by atoms with van der Waals surface area (Å²) in [6.07, 6.45) is 0. The highest BCUT2D eigenvalue weighted by atomic mass is 16.5. The Morgan fingerprint density at radius 1 is 0.625 bits per heavy atom. The maximum Gasteiger partial charge on any atom is 0.339 e. The van der Waals surface area contributed by atoms with Gasteiger partial charge in [-0.15, -0.1) is 0 Å². The minimum absolute atomic E-state index is 0.269. The monoisotopic (exact) mass is 438 g/mol. The third-order valence-electron chi connectivity index (χ3n) is 6.73. The first-order valence-electron chi connectivity index (χ1n) is 11.1. The topological polar surface area (TPSA) is 71.1 Å². The van der Waals surface area contributed by atoms with Crippen LogP contribution in [0.25, 0.3) is 11.1 Å². The predicted molar refractivity (Wildman–Crippen MR) is 120 cm³/mol. The molecule has 0 saturated carbocycles. The molecule has 0 aliphatic carbocycles. The molecule has 0 fully saturated rings. The van der Waals surface area contributed by atoms with Gasteiger partial charge in [0.05, 0.1) is 50.8 Å². The molecule has 32 heavy (non-hydrogen) atoms. The number of carbonyl (C=O) groups excluding carboxylic acids is 2. The normalized spacial score (nSPS) is 14.3. The van der Waals surface area contributed by atoms with Gasteiger partial charge in [0.15, 0.2) is 0 Å². The van der Waals surface area contributed by atoms with Gasteiger partial charge in [0, 0.05) is 11.1 Å². The average Bonchev–Trinajstić information content (AvgIpc) is 3.44. The summed E-state index contributed by atoms with van der Waals surface area (Å²) < 4.78 is 22.4. The Bertz CT molecular complexity index is 1040. The maximum atomic E-state index is 13.2. The van der Waals surface area contributed by atoms with Crippen molar-refractivity contribution < 1.29 is 28.5 Å². The molecule has 0 radical (unpaired) electrons. The highest BCUT2D eigenvalue weighted by Gasteiger charge is 2.34. The van der Waals surface area contributed by atoms with Crippen molar-refractivity contribution >= 4 is 11.9 Å². The van der Waals surface area contributed by atoms with Crippen molar-refractivity contribution in [2.75, 3.05) is 13.2 Å². The van der Waals surface area contributed by atoms with Gasteiger partial charge < -0.3 is 18.9 Å². The molecular formula is C26H30O6. The van der Waals surface area contributed by atoms with Gasteiger partial charge in [-0.25, -0.2) is 9.59 Å². The summed E-state index contributed by atoms with van der Waals surface area (Å²) in [6, 6.07) is 0. The van der Waals surface area contributed by atoms with E-state index in [1.165, 1.54) is 0 Å². The SMILES string of the molecule is CCOC(=O)c1c(C)c2c(c(C)c1-c1c(C)c3c(c(C)c1C(=O)OCC)COC3)COC2. The van der Waals surface area contributed by atoms with Crippen LogP contribution in [0.2, 0.25) is 0 Å². The van der Waals surface area contributed by atoms with Gasteiger partial charge in [-0.05, 0) is 86.1 Å². The summed E-state index contributed by atoms with van der Waals surface area (Å²) in [4.78, 5) is 26.5. The second kappa shape index (κ2) is 8.68. The summed E-state index contributed by atoms with van der Waals surface area (Å²) in [6.45, 7) is 13.9. The average molecular weight is 439 g/mol. The van der Waals surface area contributed by atoms with Crippen molar-refractivity contribution in [3.05, 3.63) is 55.6 Å². The lowest BCUT2D eigenvalue weighted by atomic mass is 9.79. The zero-order valence-electron chi connectivity index (χ0n) is 19.7. The van der Waals surface area contributed by atoms with Gasteiger partial charge in [0.2, 0.25) is 0 Å². The Labute approximate surface area is 188 Å². The van der Waals surface area contributed by atoms with Gasteiger partial charge >= 0.3 is 11.9 Å². The molecule has 2 heterocycles. The molecule has 0 spiro atoms. The number of benzene rings is 2. The van der Waals surface area contributed by atoms with Crippen molar-refractivity contribution in [3.8, 4) is 11.1 Å². The second-order valence-electron chi connectivity index (χ2n) is 8.34. The van der Waals surface area contributed by atoms with Gasteiger partial charge in [0.1, 0.15) is 0 Å². The second-order valence-corrected chi connectivity index (χ2v) is 8.34. The fourth-order valence-corrected chi connectivity index (χ4v) is 5.09. The molecule has 0 amide bonds. The number of rotatable bonds is 5. The van der Waals surface area contributed by atoms with Crippen LogP contribution in [0.1, 0.15) is 79.1 Å². The van der Waals surface area contributed by atoms with Crippen LogP contribution in [-0.4, -0.2) is 25.2 Å². The van der Waals surface area contributed by atoms with Crippen molar-refractivity contribution in [3.63, 3.8) is 0 Å². The molecule has 6 heteroatoms. The van der Waals surface area contributed by atoms with E-state index in [4.69, 9.17) is 18.9 Å². The van der Waals surface area contributed by atoms with E-state index in [0.717, 1.165) is 55.6 Å². The Hall–Kier alpha value is -2.70. The molecule has 0 saturated heterocycles. The summed E-state index contributed by atoms with van der Waals surface area (Å²) >= 11 is 0. The first kappa shape index (κ1) is 22.5. The predicted octanol–water partition coefficient (Wildman–Crippen LogP) is 5.00. The van der Waals surface area contributed by atoms with Crippen LogP contribution >= 0.6 is 0 Å². The van der Waals surface area contributed by atoms with E-state index in [1.807, 2.05) is 27.7 Å². The third-order valence-corrected chi connectivity index (χ3v) is 6.73. The molecular weight excluding hydrogens is 408 g/mol. The van der Waals surface area contributed by atoms with Crippen LogP contribution in [0.15, 0.2) is 0 Å². The highest BCUT2D eigenvalue weighted by molar-refractivity contribution is 6.07. The Morgan fingerprint density at radius 2 is 0.938 bits per heavy atom. The van der Waals surface area contributed by atoms with Crippen molar-refractivity contribution in [2.24, 2.45) is 0 Å². The molecule has 4 rings (SSSR count).